The minimum Gasteiger partial charge on any atom is -0.271 e. The number of fused-ring (bicyclic) bond motifs is 1. The van der Waals surface area contributed by atoms with Gasteiger partial charge in [0.15, 0.2) is 11.4 Å². The predicted molar refractivity (Wildman–Crippen MR) is 83.0 cm³/mol. The van der Waals surface area contributed by atoms with E-state index in [2.05, 4.69) is 22.2 Å². The fraction of sp³-hybridized carbons (Fsp3) is 0.308. The van der Waals surface area contributed by atoms with Crippen molar-refractivity contribution in [2.24, 2.45) is 4.99 Å². The Hall–Kier alpha value is -1.58. The molecular formula is C13H14N4S2. The van der Waals surface area contributed by atoms with Crippen LogP contribution in [0.4, 0.5) is 5.69 Å². The van der Waals surface area contributed by atoms with Crippen LogP contribution < -0.4 is 5.32 Å². The predicted octanol–water partition coefficient (Wildman–Crippen LogP) is 3.67. The first-order chi connectivity index (χ1) is 9.26. The Kier molecular flexibility index (Phi) is 4.77. The van der Waals surface area contributed by atoms with Crippen molar-refractivity contribution < 1.29 is 0 Å². The standard InChI is InChI=1S/C13H14N4S2/c1-3-4-12-17-10-6-5-9(7-11(10)19-12)16-13(18-2)15-8-14/h5-7H,3-4H2,1-2H3,(H,15,16). The molecular weight excluding hydrogens is 276 g/mol. The molecule has 1 aromatic heterocycles. The van der Waals surface area contributed by atoms with Gasteiger partial charge in [-0.2, -0.15) is 5.26 Å². The lowest BCUT2D eigenvalue weighted by atomic mass is 10.3. The van der Waals surface area contributed by atoms with Gasteiger partial charge in [-0.25, -0.2) is 9.98 Å². The van der Waals surface area contributed by atoms with Crippen LogP contribution >= 0.6 is 23.1 Å². The van der Waals surface area contributed by atoms with Crippen LogP contribution in [0.5, 0.6) is 0 Å². The molecule has 0 spiro atoms. The number of aliphatic imine (C=N–C) groups is 1. The van der Waals surface area contributed by atoms with Crippen molar-refractivity contribution in [2.45, 2.75) is 19.8 Å². The fourth-order valence-corrected chi connectivity index (χ4v) is 3.09. The van der Waals surface area contributed by atoms with Gasteiger partial charge in [-0.05, 0) is 37.3 Å². The second kappa shape index (κ2) is 6.55. The molecule has 2 rings (SSSR count). The second-order valence-corrected chi connectivity index (χ2v) is 5.78. The minimum absolute atomic E-state index is 0.597. The molecule has 19 heavy (non-hydrogen) atoms. The molecule has 1 aromatic carbocycles. The van der Waals surface area contributed by atoms with Crippen LogP contribution in [0.3, 0.4) is 0 Å². The lowest BCUT2D eigenvalue weighted by Gasteiger charge is -1.99. The summed E-state index contributed by atoms with van der Waals surface area (Å²) < 4.78 is 1.14. The summed E-state index contributed by atoms with van der Waals surface area (Å²) >= 11 is 3.12. The minimum atomic E-state index is 0.597. The van der Waals surface area contributed by atoms with Crippen molar-refractivity contribution in [3.05, 3.63) is 23.2 Å². The van der Waals surface area contributed by atoms with Crippen LogP contribution in [-0.2, 0) is 6.42 Å². The maximum absolute atomic E-state index is 8.62. The van der Waals surface area contributed by atoms with Gasteiger partial charge >= 0.3 is 0 Å². The van der Waals surface area contributed by atoms with E-state index in [1.54, 1.807) is 11.3 Å². The number of nitriles is 1. The SMILES string of the molecule is CCCc1nc2ccc(N=C(NC#N)SC)cc2s1. The van der Waals surface area contributed by atoms with Gasteiger partial charge in [-0.3, -0.25) is 5.32 Å². The Morgan fingerprint density at radius 2 is 2.42 bits per heavy atom. The maximum Gasteiger partial charge on any atom is 0.183 e. The first kappa shape index (κ1) is 13.8. The van der Waals surface area contributed by atoms with E-state index in [0.717, 1.165) is 28.7 Å². The quantitative estimate of drug-likeness (QED) is 0.405. The first-order valence-corrected chi connectivity index (χ1v) is 7.98. The molecule has 6 heteroatoms. The molecule has 0 fully saturated rings. The molecule has 2 aromatic rings. The van der Waals surface area contributed by atoms with Crippen LogP contribution in [0.25, 0.3) is 10.2 Å². The number of thioether (sulfide) groups is 1. The average molecular weight is 290 g/mol. The summed E-state index contributed by atoms with van der Waals surface area (Å²) in [6.07, 6.45) is 5.89. The molecule has 4 nitrogen and oxygen atoms in total. The molecule has 0 radical (unpaired) electrons. The molecule has 0 bridgehead atoms. The van der Waals surface area contributed by atoms with Gasteiger partial charge in [0.1, 0.15) is 0 Å². The molecule has 1 N–H and O–H groups in total. The number of nitrogens with one attached hydrogen (secondary N) is 1. The molecule has 98 valence electrons. The summed E-state index contributed by atoms with van der Waals surface area (Å²) in [5.74, 6) is 0. The number of aromatic nitrogens is 1. The number of hydrogen-bond acceptors (Lipinski definition) is 5. The largest absolute Gasteiger partial charge is 0.271 e. The molecule has 0 saturated carbocycles. The topological polar surface area (TPSA) is 61.1 Å². The zero-order valence-corrected chi connectivity index (χ0v) is 12.4. The number of benzene rings is 1. The lowest BCUT2D eigenvalue weighted by Crippen LogP contribution is -2.12. The Morgan fingerprint density at radius 1 is 1.58 bits per heavy atom. The highest BCUT2D eigenvalue weighted by atomic mass is 32.2. The van der Waals surface area contributed by atoms with E-state index in [0.29, 0.717) is 5.17 Å². The number of amidine groups is 1. The molecule has 0 amide bonds. The van der Waals surface area contributed by atoms with Crippen molar-refractivity contribution in [3.8, 4) is 6.19 Å². The van der Waals surface area contributed by atoms with Gasteiger partial charge < -0.3 is 0 Å². The smallest absolute Gasteiger partial charge is 0.183 e. The van der Waals surface area contributed by atoms with Crippen LogP contribution in [0.1, 0.15) is 18.4 Å². The second-order valence-electron chi connectivity index (χ2n) is 3.87. The Balaban J connectivity index is 2.33. The highest BCUT2D eigenvalue weighted by Gasteiger charge is 2.04. The molecule has 0 aliphatic rings. The van der Waals surface area contributed by atoms with E-state index in [9.17, 15) is 0 Å². The van der Waals surface area contributed by atoms with Crippen LogP contribution in [0, 0.1) is 11.5 Å². The molecule has 0 aliphatic carbocycles. The highest BCUT2D eigenvalue weighted by molar-refractivity contribution is 8.13. The van der Waals surface area contributed by atoms with E-state index >= 15 is 0 Å². The molecule has 1 heterocycles. The van der Waals surface area contributed by atoms with Crippen LogP contribution in [-0.4, -0.2) is 16.4 Å². The number of rotatable bonds is 3. The maximum atomic E-state index is 8.62. The normalized spacial score (nSPS) is 11.5. The van der Waals surface area contributed by atoms with Gasteiger partial charge in [-0.15, -0.1) is 11.3 Å². The van der Waals surface area contributed by atoms with Gasteiger partial charge in [0.2, 0.25) is 0 Å². The Morgan fingerprint density at radius 3 is 3.11 bits per heavy atom. The summed E-state index contributed by atoms with van der Waals surface area (Å²) in [5, 5.41) is 12.9. The van der Waals surface area contributed by atoms with Crippen molar-refractivity contribution in [2.75, 3.05) is 6.26 Å². The van der Waals surface area contributed by atoms with Gasteiger partial charge in [0.25, 0.3) is 0 Å². The summed E-state index contributed by atoms with van der Waals surface area (Å²) in [6, 6.07) is 5.92. The third-order valence-corrected chi connectivity index (χ3v) is 4.12. The third kappa shape index (κ3) is 3.46. The van der Waals surface area contributed by atoms with Gasteiger partial charge in [-0.1, -0.05) is 18.7 Å². The molecule has 0 unspecified atom stereocenters. The summed E-state index contributed by atoms with van der Waals surface area (Å²) in [7, 11) is 0. The first-order valence-electron chi connectivity index (χ1n) is 5.94. The summed E-state index contributed by atoms with van der Waals surface area (Å²) in [5.41, 5.74) is 1.86. The number of nitrogens with zero attached hydrogens (tertiary/aromatic N) is 3. The number of hydrogen-bond donors (Lipinski definition) is 1. The van der Waals surface area contributed by atoms with Gasteiger partial charge in [0.05, 0.1) is 20.9 Å². The van der Waals surface area contributed by atoms with E-state index in [-0.39, 0.29) is 0 Å². The van der Waals surface area contributed by atoms with E-state index in [1.165, 1.54) is 16.8 Å². The Labute approximate surface area is 120 Å². The fourth-order valence-electron chi connectivity index (χ4n) is 1.64. The van der Waals surface area contributed by atoms with Crippen molar-refractivity contribution >= 4 is 44.2 Å². The van der Waals surface area contributed by atoms with Crippen molar-refractivity contribution in [1.29, 1.82) is 5.26 Å². The van der Waals surface area contributed by atoms with Gasteiger partial charge in [0, 0.05) is 0 Å². The monoisotopic (exact) mass is 290 g/mol. The van der Waals surface area contributed by atoms with Crippen molar-refractivity contribution in [1.82, 2.24) is 10.3 Å². The molecule has 0 atom stereocenters. The average Bonchev–Trinajstić information content (AvgIpc) is 2.80. The summed E-state index contributed by atoms with van der Waals surface area (Å²) in [6.45, 7) is 2.15. The number of aryl methyl sites for hydroxylation is 1. The van der Waals surface area contributed by atoms with Crippen LogP contribution in [0.2, 0.25) is 0 Å². The molecule has 0 saturated heterocycles. The highest BCUT2D eigenvalue weighted by Crippen LogP contribution is 2.27. The third-order valence-electron chi connectivity index (χ3n) is 2.47. The zero-order valence-electron chi connectivity index (χ0n) is 10.8. The lowest BCUT2D eigenvalue weighted by molar-refractivity contribution is 0.913. The Bertz CT molecular complexity index is 640. The molecule has 0 aliphatic heterocycles. The van der Waals surface area contributed by atoms with E-state index in [1.807, 2.05) is 30.6 Å². The van der Waals surface area contributed by atoms with E-state index < -0.39 is 0 Å². The van der Waals surface area contributed by atoms with Crippen LogP contribution in [0.15, 0.2) is 23.2 Å². The zero-order chi connectivity index (χ0) is 13.7. The van der Waals surface area contributed by atoms with Crippen molar-refractivity contribution in [3.63, 3.8) is 0 Å². The number of thiazole rings is 1. The van der Waals surface area contributed by atoms with E-state index in [4.69, 9.17) is 5.26 Å². The summed E-state index contributed by atoms with van der Waals surface area (Å²) in [4.78, 5) is 8.97.